The fourth-order valence-corrected chi connectivity index (χ4v) is 7.87. The maximum Gasteiger partial charge on any atom is 0.416 e. The Morgan fingerprint density at radius 2 is 1.68 bits per heavy atom. The van der Waals surface area contributed by atoms with Gasteiger partial charge >= 0.3 is 6.18 Å². The van der Waals surface area contributed by atoms with E-state index >= 15 is 0 Å². The van der Waals surface area contributed by atoms with E-state index in [1.165, 1.54) is 12.1 Å². The summed E-state index contributed by atoms with van der Waals surface area (Å²) in [6, 6.07) is 4.90. The highest BCUT2D eigenvalue weighted by Gasteiger charge is 2.45. The van der Waals surface area contributed by atoms with Gasteiger partial charge in [0.25, 0.3) is 0 Å². The van der Waals surface area contributed by atoms with Crippen molar-refractivity contribution >= 4 is 13.9 Å². The summed E-state index contributed by atoms with van der Waals surface area (Å²) in [6.45, 7) is 18.0. The lowest BCUT2D eigenvalue weighted by molar-refractivity contribution is -0.137. The van der Waals surface area contributed by atoms with E-state index in [0.29, 0.717) is 44.0 Å². The summed E-state index contributed by atoms with van der Waals surface area (Å²) in [5.41, 5.74) is 5.28. The third kappa shape index (κ3) is 6.87. The van der Waals surface area contributed by atoms with Crippen LogP contribution in [0.4, 0.5) is 13.2 Å². The molecular weight excluding hydrogens is 583 g/mol. The Hall–Kier alpha value is -2.04. The third-order valence-electron chi connectivity index (χ3n) is 10.0. The first-order valence-corrected chi connectivity index (χ1v) is 18.8. The van der Waals surface area contributed by atoms with Gasteiger partial charge in [-0.15, -0.1) is 0 Å². The predicted octanol–water partition coefficient (Wildman–Crippen LogP) is 8.92. The van der Waals surface area contributed by atoms with Gasteiger partial charge in [0.1, 0.15) is 6.10 Å². The smallest absolute Gasteiger partial charge is 0.410 e. The van der Waals surface area contributed by atoms with E-state index in [1.807, 2.05) is 0 Å². The van der Waals surface area contributed by atoms with Crippen LogP contribution in [0.3, 0.4) is 0 Å². The number of nitrogens with zero attached hydrogens (tertiary/aromatic N) is 1. The first-order chi connectivity index (χ1) is 20.5. The van der Waals surface area contributed by atoms with Gasteiger partial charge in [0.15, 0.2) is 8.32 Å². The van der Waals surface area contributed by atoms with Gasteiger partial charge < -0.3 is 19.0 Å². The maximum absolute atomic E-state index is 13.5. The fourth-order valence-electron chi connectivity index (χ4n) is 6.61. The Labute approximate surface area is 261 Å². The van der Waals surface area contributed by atoms with E-state index in [0.717, 1.165) is 65.9 Å². The second-order valence-electron chi connectivity index (χ2n) is 15.0. The number of alkyl halides is 3. The molecule has 0 bridgehead atoms. The van der Waals surface area contributed by atoms with Crippen molar-refractivity contribution < 1.29 is 32.2 Å². The van der Waals surface area contributed by atoms with E-state index in [-0.39, 0.29) is 22.5 Å². The van der Waals surface area contributed by atoms with Crippen molar-refractivity contribution in [3.05, 3.63) is 69.5 Å². The number of pyridine rings is 1. The number of rotatable bonds is 6. The summed E-state index contributed by atoms with van der Waals surface area (Å²) < 4.78 is 59.0. The molecule has 1 aliphatic carbocycles. The Morgan fingerprint density at radius 1 is 1.02 bits per heavy atom. The van der Waals surface area contributed by atoms with Crippen molar-refractivity contribution in [1.82, 2.24) is 4.98 Å². The minimum absolute atomic E-state index is 0.00903. The molecule has 44 heavy (non-hydrogen) atoms. The van der Waals surface area contributed by atoms with Crippen molar-refractivity contribution in [1.29, 1.82) is 0 Å². The van der Waals surface area contributed by atoms with Crippen LogP contribution in [0.2, 0.25) is 18.1 Å². The second kappa shape index (κ2) is 12.3. The Kier molecular flexibility index (Phi) is 9.30. The van der Waals surface area contributed by atoms with Crippen LogP contribution in [0.1, 0.15) is 118 Å². The first-order valence-electron chi connectivity index (χ1n) is 15.9. The molecule has 3 aliphatic rings. The largest absolute Gasteiger partial charge is 0.416 e. The second-order valence-corrected chi connectivity index (χ2v) is 19.8. The van der Waals surface area contributed by atoms with Gasteiger partial charge in [-0.3, -0.25) is 4.98 Å². The number of halogens is 3. The molecule has 242 valence electrons. The topological polar surface area (TPSA) is 60.8 Å². The molecule has 0 radical (unpaired) electrons. The van der Waals surface area contributed by atoms with Crippen LogP contribution in [0.5, 0.6) is 0 Å². The van der Waals surface area contributed by atoms with Crippen molar-refractivity contribution in [3.8, 4) is 0 Å². The number of aromatic nitrogens is 1. The molecule has 2 aromatic rings. The molecule has 1 aromatic carbocycles. The molecule has 0 saturated carbocycles. The zero-order chi connectivity index (χ0) is 32.1. The zero-order valence-corrected chi connectivity index (χ0v) is 28.2. The average Bonchev–Trinajstić information content (AvgIpc) is 2.95. The molecule has 5 rings (SSSR count). The lowest BCUT2D eigenvalue weighted by atomic mass is 9.70. The van der Waals surface area contributed by atoms with Crippen LogP contribution in [0, 0.1) is 5.41 Å². The predicted molar refractivity (Wildman–Crippen MR) is 169 cm³/mol. The molecule has 0 spiro atoms. The van der Waals surface area contributed by atoms with Crippen LogP contribution < -0.4 is 0 Å². The molecule has 2 atom stereocenters. The molecule has 1 N–H and O–H groups in total. The summed E-state index contributed by atoms with van der Waals surface area (Å²) in [5.74, 6) is 0.0668. The van der Waals surface area contributed by atoms with Gasteiger partial charge in [-0.25, -0.2) is 0 Å². The number of fused-ring (bicyclic) bond motifs is 1. The Morgan fingerprint density at radius 3 is 2.25 bits per heavy atom. The van der Waals surface area contributed by atoms with Crippen LogP contribution in [-0.2, 0) is 26.5 Å². The molecule has 1 aromatic heterocycles. The Bertz CT molecular complexity index is 1370. The molecule has 1 fully saturated rings. The fraction of sp³-hybridized carbons (Fsp3) is 0.629. The lowest BCUT2D eigenvalue weighted by Crippen LogP contribution is -2.44. The molecule has 1 saturated heterocycles. The van der Waals surface area contributed by atoms with E-state index in [1.54, 1.807) is 0 Å². The highest BCUT2D eigenvalue weighted by molar-refractivity contribution is 6.74. The van der Waals surface area contributed by atoms with Crippen molar-refractivity contribution in [2.24, 2.45) is 5.41 Å². The SMILES string of the molecule is CC1(C)Cc2nc(C3CCOCC3)c([C@H](O)c3ccc(C(F)(F)F)cc3)c(C3=CCOCC3)c2[C@@H](O[Si](C)(C)C(C)(C)C)C1. The van der Waals surface area contributed by atoms with Crippen molar-refractivity contribution in [3.63, 3.8) is 0 Å². The molecular formula is C35H48F3NO4Si. The number of hydrogen-bond acceptors (Lipinski definition) is 5. The van der Waals surface area contributed by atoms with Crippen LogP contribution in [0.25, 0.3) is 5.57 Å². The van der Waals surface area contributed by atoms with Gasteiger partial charge in [-0.2, -0.15) is 13.2 Å². The van der Waals surface area contributed by atoms with Gasteiger partial charge in [0, 0.05) is 36.0 Å². The van der Waals surface area contributed by atoms with Crippen LogP contribution in [-0.4, -0.2) is 44.8 Å². The molecule has 2 aliphatic heterocycles. The van der Waals surface area contributed by atoms with Gasteiger partial charge in [-0.1, -0.05) is 52.8 Å². The van der Waals surface area contributed by atoms with Gasteiger partial charge in [0.2, 0.25) is 0 Å². The van der Waals surface area contributed by atoms with Crippen molar-refractivity contribution in [2.45, 2.75) is 109 Å². The lowest BCUT2D eigenvalue weighted by Gasteiger charge is -2.45. The van der Waals surface area contributed by atoms with E-state index in [2.05, 4.69) is 53.8 Å². The van der Waals surface area contributed by atoms with E-state index in [4.69, 9.17) is 18.9 Å². The molecule has 0 unspecified atom stereocenters. The summed E-state index contributed by atoms with van der Waals surface area (Å²) in [7, 11) is -2.23. The van der Waals surface area contributed by atoms with E-state index < -0.39 is 26.2 Å². The maximum atomic E-state index is 13.5. The van der Waals surface area contributed by atoms with Crippen LogP contribution in [0.15, 0.2) is 30.3 Å². The first kappa shape index (κ1) is 33.3. The average molecular weight is 632 g/mol. The highest BCUT2D eigenvalue weighted by Crippen LogP contribution is 2.52. The number of benzene rings is 1. The molecule has 9 heteroatoms. The molecule has 0 amide bonds. The summed E-state index contributed by atoms with van der Waals surface area (Å²) in [4.78, 5) is 5.42. The number of aliphatic hydroxyl groups is 1. The normalized spacial score (nSPS) is 22.3. The van der Waals surface area contributed by atoms with Crippen molar-refractivity contribution in [2.75, 3.05) is 26.4 Å². The minimum atomic E-state index is -4.46. The molecule has 3 heterocycles. The number of hydrogen-bond donors (Lipinski definition) is 1. The minimum Gasteiger partial charge on any atom is -0.410 e. The zero-order valence-electron chi connectivity index (χ0n) is 27.2. The summed E-state index contributed by atoms with van der Waals surface area (Å²) in [5, 5.41) is 12.2. The monoisotopic (exact) mass is 631 g/mol. The molecule has 5 nitrogen and oxygen atoms in total. The summed E-state index contributed by atoms with van der Waals surface area (Å²) in [6.07, 6.45) is 0.0783. The third-order valence-corrected chi connectivity index (χ3v) is 14.5. The highest BCUT2D eigenvalue weighted by atomic mass is 28.4. The van der Waals surface area contributed by atoms with E-state index in [9.17, 15) is 18.3 Å². The standard InChI is InChI=1S/C35H48F3NO4Si/c1-33(2,3)44(6,7)43-27-21-34(4,5)20-26-29(27)28(22-12-16-41-17-13-22)30(31(39-26)23-14-18-42-19-15-23)32(40)24-8-10-25(11-9-24)35(36,37)38/h8-12,23,27,32,40H,13-21H2,1-7H3/t27-,32+/m0/s1. The quantitative estimate of drug-likeness (QED) is 0.323. The van der Waals surface area contributed by atoms with Gasteiger partial charge in [-0.05, 0) is 84.5 Å². The summed E-state index contributed by atoms with van der Waals surface area (Å²) >= 11 is 0. The Balaban J connectivity index is 1.78. The number of aliphatic hydroxyl groups excluding tert-OH is 1. The van der Waals surface area contributed by atoms with Gasteiger partial charge in [0.05, 0.1) is 30.6 Å². The number of ether oxygens (including phenoxy) is 2. The van der Waals surface area contributed by atoms with Crippen LogP contribution >= 0.6 is 0 Å².